The first-order valence-corrected chi connectivity index (χ1v) is 18.4. The van der Waals surface area contributed by atoms with E-state index < -0.39 is 44.2 Å². The lowest BCUT2D eigenvalue weighted by Crippen LogP contribution is -2.58. The first-order chi connectivity index (χ1) is 23.8. The Hall–Kier alpha value is -4.66. The molecule has 2 fully saturated rings. The van der Waals surface area contributed by atoms with E-state index in [2.05, 4.69) is 20.5 Å². The Morgan fingerprint density at radius 2 is 1.94 bits per heavy atom. The van der Waals surface area contributed by atoms with Crippen LogP contribution in [0.3, 0.4) is 0 Å². The lowest BCUT2D eigenvalue weighted by Gasteiger charge is -2.26. The molecule has 1 aromatic carbocycles. The van der Waals surface area contributed by atoms with Gasteiger partial charge < -0.3 is 25.0 Å². The summed E-state index contributed by atoms with van der Waals surface area (Å²) in [6.45, 7) is 4.04. The number of urea groups is 1. The van der Waals surface area contributed by atoms with Crippen molar-refractivity contribution >= 4 is 38.8 Å². The number of pyridine rings is 1. The molecule has 3 heterocycles. The van der Waals surface area contributed by atoms with E-state index in [1.807, 2.05) is 50.5 Å². The van der Waals surface area contributed by atoms with E-state index in [0.717, 1.165) is 35.8 Å². The molecule has 50 heavy (non-hydrogen) atoms. The number of ether oxygens (including phenoxy) is 2. The number of nitrogens with zero attached hydrogens (tertiary/aromatic N) is 4. The number of allylic oxidation sites excluding steroid dienone is 1. The second kappa shape index (κ2) is 13.6. The molecule has 3 atom stereocenters. The molecule has 3 aromatic rings. The van der Waals surface area contributed by atoms with Crippen molar-refractivity contribution in [1.29, 1.82) is 0 Å². The molecular formula is C35H45N7O7S. The summed E-state index contributed by atoms with van der Waals surface area (Å²) in [5, 5.41) is 10.7. The third-order valence-electron chi connectivity index (χ3n) is 10.1. The Morgan fingerprint density at radius 3 is 2.64 bits per heavy atom. The lowest BCUT2D eigenvalue weighted by molar-refractivity contribution is -0.130. The van der Waals surface area contributed by atoms with Gasteiger partial charge >= 0.3 is 6.03 Å². The molecule has 14 nitrogen and oxygen atoms in total. The van der Waals surface area contributed by atoms with Crippen molar-refractivity contribution in [3.63, 3.8) is 0 Å². The maximum Gasteiger partial charge on any atom is 0.317 e. The molecule has 3 aliphatic rings. The van der Waals surface area contributed by atoms with Crippen LogP contribution in [-0.4, -0.2) is 89.6 Å². The summed E-state index contributed by atoms with van der Waals surface area (Å²) >= 11 is 0. The van der Waals surface area contributed by atoms with Crippen molar-refractivity contribution in [2.75, 3.05) is 27.3 Å². The summed E-state index contributed by atoms with van der Waals surface area (Å²) in [4.78, 5) is 47.3. The zero-order valence-electron chi connectivity index (χ0n) is 29.1. The quantitative estimate of drug-likeness (QED) is 0.282. The molecule has 0 saturated heterocycles. The van der Waals surface area contributed by atoms with Crippen molar-refractivity contribution < 1.29 is 32.3 Å². The van der Waals surface area contributed by atoms with Crippen molar-refractivity contribution in [3.8, 4) is 22.8 Å². The normalized spacial score (nSPS) is 24.3. The minimum absolute atomic E-state index is 0.0218. The van der Waals surface area contributed by atoms with Gasteiger partial charge in [0, 0.05) is 61.8 Å². The highest BCUT2D eigenvalue weighted by atomic mass is 32.2. The molecule has 268 valence electrons. The van der Waals surface area contributed by atoms with Gasteiger partial charge in [-0.15, -0.1) is 0 Å². The number of hydrogen-bond acceptors (Lipinski definition) is 9. The summed E-state index contributed by atoms with van der Waals surface area (Å²) in [7, 11) is 1.14. The van der Waals surface area contributed by atoms with Gasteiger partial charge in [0.05, 0.1) is 35.9 Å². The first kappa shape index (κ1) is 35.2. The molecule has 4 amide bonds. The minimum Gasteiger partial charge on any atom is -0.496 e. The van der Waals surface area contributed by atoms with Crippen LogP contribution in [0.5, 0.6) is 11.5 Å². The van der Waals surface area contributed by atoms with E-state index in [0.29, 0.717) is 42.1 Å². The first-order valence-electron chi connectivity index (χ1n) is 16.9. The summed E-state index contributed by atoms with van der Waals surface area (Å²) in [6.07, 6.45) is 10.9. The maximum atomic E-state index is 14.0. The Morgan fingerprint density at radius 1 is 1.16 bits per heavy atom. The molecule has 0 spiro atoms. The van der Waals surface area contributed by atoms with Gasteiger partial charge in [-0.1, -0.05) is 12.2 Å². The zero-order chi connectivity index (χ0) is 35.8. The van der Waals surface area contributed by atoms with E-state index in [9.17, 15) is 22.8 Å². The molecule has 2 aliphatic carbocycles. The molecule has 1 aliphatic heterocycles. The number of carbonyl (C=O) groups excluding carboxylic acids is 3. The summed E-state index contributed by atoms with van der Waals surface area (Å²) in [5.74, 6) is -0.568. The van der Waals surface area contributed by atoms with Gasteiger partial charge in [-0.2, -0.15) is 5.10 Å². The molecule has 2 saturated carbocycles. The number of sulfonamides is 1. The van der Waals surface area contributed by atoms with Crippen LogP contribution < -0.4 is 24.8 Å². The van der Waals surface area contributed by atoms with E-state index >= 15 is 0 Å². The molecule has 0 unspecified atom stereocenters. The van der Waals surface area contributed by atoms with Gasteiger partial charge in [-0.3, -0.25) is 19.0 Å². The molecule has 6 rings (SSSR count). The topological polar surface area (TPSA) is 174 Å². The Balaban J connectivity index is 1.26. The van der Waals surface area contributed by atoms with Crippen LogP contribution in [-0.2, 0) is 26.7 Å². The highest BCUT2D eigenvalue weighted by Crippen LogP contribution is 2.47. The van der Waals surface area contributed by atoms with Gasteiger partial charge in [0.2, 0.25) is 15.9 Å². The van der Waals surface area contributed by atoms with E-state index in [-0.39, 0.29) is 25.4 Å². The summed E-state index contributed by atoms with van der Waals surface area (Å²) < 4.78 is 40.8. The third kappa shape index (κ3) is 7.00. The number of nitrogens with one attached hydrogen (secondary N) is 3. The second-order valence-electron chi connectivity index (χ2n) is 13.8. The van der Waals surface area contributed by atoms with E-state index in [1.165, 1.54) is 4.90 Å². The summed E-state index contributed by atoms with van der Waals surface area (Å²) in [5.41, 5.74) is 1.48. The van der Waals surface area contributed by atoms with Crippen LogP contribution in [0, 0.1) is 12.8 Å². The number of carbonyl (C=O) groups is 3. The number of methoxy groups -OCH3 is 1. The molecular weight excluding hydrogens is 662 g/mol. The number of hydrogen-bond donors (Lipinski definition) is 3. The predicted molar refractivity (Wildman–Crippen MR) is 187 cm³/mol. The van der Waals surface area contributed by atoms with Crippen molar-refractivity contribution in [2.45, 2.75) is 75.1 Å². The van der Waals surface area contributed by atoms with Gasteiger partial charge in [0.25, 0.3) is 5.91 Å². The highest BCUT2D eigenvalue weighted by molar-refractivity contribution is 7.91. The van der Waals surface area contributed by atoms with Crippen molar-refractivity contribution in [3.05, 3.63) is 48.3 Å². The number of fused-ring (bicyclic) bond motifs is 2. The zero-order valence-corrected chi connectivity index (χ0v) is 29.9. The van der Waals surface area contributed by atoms with Crippen molar-refractivity contribution in [1.82, 2.24) is 35.0 Å². The monoisotopic (exact) mass is 707 g/mol. The average Bonchev–Trinajstić information content (AvgIpc) is 3.96. The maximum absolute atomic E-state index is 14.0. The standard InChI is InChI=1S/C35H45N7O7S/c1-22-28(48-5)12-11-25-29(18-27(37-30(22)25)23-20-36-42(4)21-23)49-17-13-26-31(43)39-35(32(44)40-50(46,47)34(2)14-15-34)19-24(35)10-8-6-7-9-16-41(3)33(45)38-26/h8,10-12,18,20-21,24,26H,6-7,9,13-17,19H2,1-5H3,(H,38,45)(H,39,43)(H,40,44)/b10-8-/t24-,26-,35+/m0/s1. The number of amides is 4. The Kier molecular flexibility index (Phi) is 9.55. The van der Waals surface area contributed by atoms with Crippen LogP contribution in [0.4, 0.5) is 4.79 Å². The minimum atomic E-state index is -3.94. The van der Waals surface area contributed by atoms with Crippen LogP contribution in [0.2, 0.25) is 0 Å². The van der Waals surface area contributed by atoms with Gasteiger partial charge in [0.1, 0.15) is 23.1 Å². The number of aryl methyl sites for hydroxylation is 2. The molecule has 15 heteroatoms. The predicted octanol–water partition coefficient (Wildman–Crippen LogP) is 3.34. The fourth-order valence-electron chi connectivity index (χ4n) is 6.28. The van der Waals surface area contributed by atoms with Crippen LogP contribution in [0.1, 0.15) is 57.4 Å². The SMILES string of the molecule is COc1ccc2c(OCC[C@@H]3NC(=O)N(C)CCCC/C=C\[C@H]4C[C@@]4(C(=O)NS(=O)(=O)C4(C)CC4)NC3=O)cc(-c3cnn(C)c3)nc2c1C. The number of rotatable bonds is 9. The van der Waals surface area contributed by atoms with Crippen LogP contribution in [0.25, 0.3) is 22.2 Å². The fraction of sp³-hybridized carbons (Fsp3) is 0.514. The molecule has 3 N–H and O–H groups in total. The van der Waals surface area contributed by atoms with E-state index in [4.69, 9.17) is 14.5 Å². The second-order valence-corrected chi connectivity index (χ2v) is 16.0. The van der Waals surface area contributed by atoms with Gasteiger partial charge in [0.15, 0.2) is 0 Å². The fourth-order valence-corrected chi connectivity index (χ4v) is 7.59. The van der Waals surface area contributed by atoms with Crippen LogP contribution >= 0.6 is 0 Å². The van der Waals surface area contributed by atoms with E-state index in [1.54, 1.807) is 32.0 Å². The summed E-state index contributed by atoms with van der Waals surface area (Å²) in [6, 6.07) is 3.98. The number of aromatic nitrogens is 3. The van der Waals surface area contributed by atoms with Gasteiger partial charge in [-0.05, 0) is 64.5 Å². The molecule has 0 radical (unpaired) electrons. The van der Waals surface area contributed by atoms with Crippen LogP contribution in [0.15, 0.2) is 42.7 Å². The van der Waals surface area contributed by atoms with Gasteiger partial charge in [-0.25, -0.2) is 18.2 Å². The Labute approximate surface area is 292 Å². The highest BCUT2D eigenvalue weighted by Gasteiger charge is 2.62. The molecule has 0 bridgehead atoms. The average molecular weight is 708 g/mol. The Bertz CT molecular complexity index is 1960. The van der Waals surface area contributed by atoms with Crippen molar-refractivity contribution in [2.24, 2.45) is 13.0 Å². The lowest BCUT2D eigenvalue weighted by atomic mass is 10.1. The number of benzene rings is 1. The molecule has 2 aromatic heterocycles. The largest absolute Gasteiger partial charge is 0.496 e. The smallest absolute Gasteiger partial charge is 0.317 e. The third-order valence-corrected chi connectivity index (χ3v) is 12.2.